The first kappa shape index (κ1) is 13.9. The van der Waals surface area contributed by atoms with Gasteiger partial charge in [0.15, 0.2) is 0 Å². The summed E-state index contributed by atoms with van der Waals surface area (Å²) in [6.45, 7) is 0. The van der Waals surface area contributed by atoms with E-state index in [1.165, 1.54) is 24.8 Å². The molecule has 2 rings (SSSR count). The highest BCUT2D eigenvalue weighted by Gasteiger charge is 2.20. The first-order chi connectivity index (χ1) is 8.74. The van der Waals surface area contributed by atoms with Crippen LogP contribution in [0.4, 0.5) is 0 Å². The number of allylic oxidation sites excluding steroid dienone is 1. The molecule has 0 heterocycles. The van der Waals surface area contributed by atoms with Crippen LogP contribution in [0.3, 0.4) is 0 Å². The molecule has 0 spiro atoms. The number of hydrogen-bond donors (Lipinski definition) is 1. The van der Waals surface area contributed by atoms with Crippen molar-refractivity contribution < 1.29 is 0 Å². The molecule has 1 nitrogen and oxygen atoms in total. The zero-order chi connectivity index (χ0) is 13.0. The Bertz CT molecular complexity index is 420. The number of benzene rings is 1. The molecule has 0 aliphatic heterocycles. The monoisotopic (exact) mass is 283 g/mol. The Morgan fingerprint density at radius 2 is 1.83 bits per heavy atom. The zero-order valence-corrected chi connectivity index (χ0v) is 12.2. The predicted octanol–water partition coefficient (Wildman–Crippen LogP) is 5.14. The lowest BCUT2D eigenvalue weighted by molar-refractivity contribution is 0.629. The van der Waals surface area contributed by atoms with Crippen molar-refractivity contribution >= 4 is 23.2 Å². The van der Waals surface area contributed by atoms with E-state index in [2.05, 4.69) is 11.4 Å². The fourth-order valence-corrected chi connectivity index (χ4v) is 3.22. The molecule has 3 heteroatoms. The molecule has 0 radical (unpaired) electrons. The smallest absolute Gasteiger partial charge is 0.0563 e. The summed E-state index contributed by atoms with van der Waals surface area (Å²) >= 11 is 12.6. The van der Waals surface area contributed by atoms with Crippen LogP contribution in [0, 0.1) is 0 Å². The van der Waals surface area contributed by atoms with E-state index in [0.717, 1.165) is 28.5 Å². The Kier molecular flexibility index (Phi) is 5.11. The molecule has 1 aromatic rings. The Morgan fingerprint density at radius 3 is 2.50 bits per heavy atom. The minimum absolute atomic E-state index is 0.143. The minimum Gasteiger partial charge on any atom is -0.310 e. The average molecular weight is 284 g/mol. The first-order valence-electron chi connectivity index (χ1n) is 6.54. The molecule has 0 saturated carbocycles. The summed E-state index contributed by atoms with van der Waals surface area (Å²) in [6.07, 6.45) is 8.51. The number of halogens is 2. The van der Waals surface area contributed by atoms with E-state index in [0.29, 0.717) is 0 Å². The molecule has 0 amide bonds. The lowest BCUT2D eigenvalue weighted by Crippen LogP contribution is -2.19. The highest BCUT2D eigenvalue weighted by Crippen LogP contribution is 2.36. The van der Waals surface area contributed by atoms with Crippen LogP contribution < -0.4 is 5.32 Å². The summed E-state index contributed by atoms with van der Waals surface area (Å²) in [5, 5.41) is 4.85. The van der Waals surface area contributed by atoms with Gasteiger partial charge in [-0.3, -0.25) is 0 Å². The number of likely N-dealkylation sites (N-methyl/N-ethyl adjacent to an activating group) is 1. The molecule has 0 saturated heterocycles. The molecule has 18 heavy (non-hydrogen) atoms. The normalized spacial score (nSPS) is 18.1. The highest BCUT2D eigenvalue weighted by molar-refractivity contribution is 6.36. The van der Waals surface area contributed by atoms with Crippen molar-refractivity contribution in [3.8, 4) is 0 Å². The highest BCUT2D eigenvalue weighted by atomic mass is 35.5. The third kappa shape index (κ3) is 3.09. The standard InChI is InChI=1S/C15H19Cl2N/c1-18-15(11-7-4-2-3-5-8-11)14-12(16)9-6-10-13(14)17/h6-7,9-10,15,18H,2-5,8H2,1H3. The van der Waals surface area contributed by atoms with Gasteiger partial charge in [0.1, 0.15) is 0 Å². The van der Waals surface area contributed by atoms with E-state index >= 15 is 0 Å². The van der Waals surface area contributed by atoms with E-state index in [9.17, 15) is 0 Å². The first-order valence-corrected chi connectivity index (χ1v) is 7.29. The second kappa shape index (κ2) is 6.60. The van der Waals surface area contributed by atoms with Gasteiger partial charge in [0.25, 0.3) is 0 Å². The number of hydrogen-bond acceptors (Lipinski definition) is 1. The number of rotatable bonds is 3. The van der Waals surface area contributed by atoms with Crippen molar-refractivity contribution in [3.05, 3.63) is 45.5 Å². The van der Waals surface area contributed by atoms with Crippen LogP contribution in [0.25, 0.3) is 0 Å². The van der Waals surface area contributed by atoms with Crippen molar-refractivity contribution in [2.45, 2.75) is 38.1 Å². The molecule has 1 atom stereocenters. The van der Waals surface area contributed by atoms with E-state index < -0.39 is 0 Å². The lowest BCUT2D eigenvalue weighted by atomic mass is 9.95. The van der Waals surface area contributed by atoms with Crippen LogP contribution in [0.5, 0.6) is 0 Å². The van der Waals surface area contributed by atoms with Crippen molar-refractivity contribution in [1.82, 2.24) is 5.32 Å². The summed E-state index contributed by atoms with van der Waals surface area (Å²) in [5.41, 5.74) is 2.43. The summed E-state index contributed by atoms with van der Waals surface area (Å²) in [5.74, 6) is 0. The van der Waals surface area contributed by atoms with E-state index in [-0.39, 0.29) is 6.04 Å². The van der Waals surface area contributed by atoms with E-state index in [1.807, 2.05) is 25.2 Å². The Hall–Kier alpha value is -0.500. The van der Waals surface area contributed by atoms with Gasteiger partial charge in [-0.2, -0.15) is 0 Å². The molecule has 1 aliphatic carbocycles. The molecule has 0 aromatic heterocycles. The summed E-state index contributed by atoms with van der Waals surface area (Å²) < 4.78 is 0. The third-order valence-corrected chi connectivity index (χ3v) is 4.18. The van der Waals surface area contributed by atoms with Crippen LogP contribution >= 0.6 is 23.2 Å². The number of nitrogens with one attached hydrogen (secondary N) is 1. The second-order valence-corrected chi connectivity index (χ2v) is 5.55. The lowest BCUT2D eigenvalue weighted by Gasteiger charge is -2.22. The summed E-state index contributed by atoms with van der Waals surface area (Å²) in [6, 6.07) is 5.85. The van der Waals surface area contributed by atoms with Gasteiger partial charge in [-0.25, -0.2) is 0 Å². The molecule has 1 aliphatic rings. The molecular weight excluding hydrogens is 265 g/mol. The van der Waals surface area contributed by atoms with Gasteiger partial charge in [0.2, 0.25) is 0 Å². The largest absolute Gasteiger partial charge is 0.310 e. The van der Waals surface area contributed by atoms with Gasteiger partial charge >= 0.3 is 0 Å². The van der Waals surface area contributed by atoms with Gasteiger partial charge in [-0.1, -0.05) is 47.3 Å². The van der Waals surface area contributed by atoms with Gasteiger partial charge < -0.3 is 5.32 Å². The quantitative estimate of drug-likeness (QED) is 0.757. The van der Waals surface area contributed by atoms with E-state index in [4.69, 9.17) is 23.2 Å². The Morgan fingerprint density at radius 1 is 1.11 bits per heavy atom. The Labute approximate surface area is 119 Å². The SMILES string of the molecule is CNC(C1=CCCCCC1)c1c(Cl)cccc1Cl. The molecule has 0 fully saturated rings. The molecule has 98 valence electrons. The van der Waals surface area contributed by atoms with Crippen molar-refractivity contribution in [2.75, 3.05) is 7.05 Å². The third-order valence-electron chi connectivity index (χ3n) is 3.52. The van der Waals surface area contributed by atoms with Gasteiger partial charge in [0.05, 0.1) is 6.04 Å². The fourth-order valence-electron chi connectivity index (χ4n) is 2.60. The van der Waals surface area contributed by atoms with Crippen molar-refractivity contribution in [3.63, 3.8) is 0 Å². The molecule has 1 unspecified atom stereocenters. The maximum atomic E-state index is 6.31. The maximum Gasteiger partial charge on any atom is 0.0563 e. The van der Waals surface area contributed by atoms with Gasteiger partial charge in [-0.15, -0.1) is 0 Å². The van der Waals surface area contributed by atoms with Crippen LogP contribution in [-0.2, 0) is 0 Å². The fraction of sp³-hybridized carbons (Fsp3) is 0.467. The van der Waals surface area contributed by atoms with Crippen LogP contribution in [0.1, 0.15) is 43.7 Å². The van der Waals surface area contributed by atoms with Crippen molar-refractivity contribution in [1.29, 1.82) is 0 Å². The zero-order valence-electron chi connectivity index (χ0n) is 10.7. The summed E-state index contributed by atoms with van der Waals surface area (Å²) in [7, 11) is 1.97. The van der Waals surface area contributed by atoms with Gasteiger partial charge in [0, 0.05) is 15.6 Å². The molecule has 1 aromatic carbocycles. The van der Waals surface area contributed by atoms with Crippen molar-refractivity contribution in [2.24, 2.45) is 0 Å². The minimum atomic E-state index is 0.143. The molecular formula is C15H19Cl2N. The predicted molar refractivity (Wildman–Crippen MR) is 79.4 cm³/mol. The van der Waals surface area contributed by atoms with Crippen LogP contribution in [0.2, 0.25) is 10.0 Å². The van der Waals surface area contributed by atoms with Crippen LogP contribution in [0.15, 0.2) is 29.8 Å². The average Bonchev–Trinajstić information content (AvgIpc) is 2.63. The van der Waals surface area contributed by atoms with E-state index in [1.54, 1.807) is 0 Å². The van der Waals surface area contributed by atoms with Gasteiger partial charge in [-0.05, 0) is 44.9 Å². The van der Waals surface area contributed by atoms with Crippen LogP contribution in [-0.4, -0.2) is 7.05 Å². The maximum absolute atomic E-state index is 6.31. The second-order valence-electron chi connectivity index (χ2n) is 4.74. The molecule has 0 bridgehead atoms. The Balaban J connectivity index is 2.35. The summed E-state index contributed by atoms with van der Waals surface area (Å²) in [4.78, 5) is 0. The molecule has 1 N–H and O–H groups in total. The topological polar surface area (TPSA) is 12.0 Å².